The molecular formula is C11H15N3O. The molecule has 2 aliphatic heterocycles. The summed E-state index contributed by atoms with van der Waals surface area (Å²) < 4.78 is 5.41. The second-order valence-electron chi connectivity index (χ2n) is 5.18. The number of fused-ring (bicyclic) bond motifs is 2. The Hall–Kier alpha value is -0.900. The third-order valence-corrected chi connectivity index (χ3v) is 4.05. The van der Waals surface area contributed by atoms with Gasteiger partial charge < -0.3 is 9.42 Å². The lowest BCUT2D eigenvalue weighted by Gasteiger charge is -2.17. The van der Waals surface area contributed by atoms with Gasteiger partial charge in [-0.3, -0.25) is 0 Å². The Bertz CT molecular complexity index is 385. The van der Waals surface area contributed by atoms with Crippen LogP contribution in [0.2, 0.25) is 0 Å². The predicted octanol–water partition coefficient (Wildman–Crippen LogP) is 1.37. The summed E-state index contributed by atoms with van der Waals surface area (Å²) in [7, 11) is 0. The molecule has 15 heavy (non-hydrogen) atoms. The lowest BCUT2D eigenvalue weighted by atomic mass is 9.93. The summed E-state index contributed by atoms with van der Waals surface area (Å²) in [6, 6.07) is 0. The topological polar surface area (TPSA) is 42.2 Å². The van der Waals surface area contributed by atoms with Crippen LogP contribution < -0.4 is 0 Å². The minimum Gasteiger partial charge on any atom is -0.339 e. The molecule has 0 aromatic carbocycles. The molecule has 2 saturated heterocycles. The van der Waals surface area contributed by atoms with Crippen molar-refractivity contribution in [3.05, 3.63) is 11.7 Å². The summed E-state index contributed by atoms with van der Waals surface area (Å²) in [6.07, 6.45) is 3.81. The summed E-state index contributed by atoms with van der Waals surface area (Å²) >= 11 is 0. The molecule has 1 unspecified atom stereocenters. The number of nitrogens with zero attached hydrogens (tertiary/aromatic N) is 3. The van der Waals surface area contributed by atoms with E-state index < -0.39 is 0 Å². The molecule has 1 aliphatic carbocycles. The van der Waals surface area contributed by atoms with Gasteiger partial charge in [0.25, 0.3) is 0 Å². The maximum Gasteiger partial charge on any atom is 0.231 e. The van der Waals surface area contributed by atoms with Crippen molar-refractivity contribution in [2.45, 2.75) is 31.1 Å². The van der Waals surface area contributed by atoms with Gasteiger partial charge in [0.05, 0.1) is 5.92 Å². The maximum atomic E-state index is 5.41. The van der Waals surface area contributed by atoms with E-state index in [2.05, 4.69) is 15.0 Å². The molecule has 1 aromatic rings. The maximum absolute atomic E-state index is 5.41. The van der Waals surface area contributed by atoms with Crippen LogP contribution in [0, 0.1) is 5.92 Å². The summed E-state index contributed by atoms with van der Waals surface area (Å²) in [5.41, 5.74) is 0. The van der Waals surface area contributed by atoms with Gasteiger partial charge in [-0.2, -0.15) is 4.98 Å². The van der Waals surface area contributed by atoms with Crippen LogP contribution in [0.4, 0.5) is 0 Å². The minimum atomic E-state index is 0.527. The van der Waals surface area contributed by atoms with Crippen molar-refractivity contribution in [1.29, 1.82) is 0 Å². The van der Waals surface area contributed by atoms with E-state index in [9.17, 15) is 0 Å². The van der Waals surface area contributed by atoms with Crippen LogP contribution in [-0.2, 0) is 0 Å². The molecule has 3 fully saturated rings. The van der Waals surface area contributed by atoms with Gasteiger partial charge in [0, 0.05) is 19.0 Å². The van der Waals surface area contributed by atoms with Crippen molar-refractivity contribution >= 4 is 0 Å². The summed E-state index contributed by atoms with van der Waals surface area (Å²) in [5, 5.41) is 4.10. The molecule has 0 radical (unpaired) electrons. The van der Waals surface area contributed by atoms with Crippen molar-refractivity contribution in [3.8, 4) is 0 Å². The number of piperidine rings is 1. The molecule has 3 aliphatic rings. The quantitative estimate of drug-likeness (QED) is 0.731. The summed E-state index contributed by atoms with van der Waals surface area (Å²) in [6.45, 7) is 3.65. The van der Waals surface area contributed by atoms with E-state index >= 15 is 0 Å². The highest BCUT2D eigenvalue weighted by Gasteiger charge is 2.42. The SMILES string of the molecule is C1CC1c1noc([C@@H]2CN3CC[C@@H]2C3)n1. The van der Waals surface area contributed by atoms with Crippen molar-refractivity contribution in [2.24, 2.45) is 5.92 Å². The smallest absolute Gasteiger partial charge is 0.231 e. The largest absolute Gasteiger partial charge is 0.339 e. The normalized spacial score (nSPS) is 38.8. The van der Waals surface area contributed by atoms with E-state index in [4.69, 9.17) is 4.52 Å². The van der Waals surface area contributed by atoms with Crippen molar-refractivity contribution < 1.29 is 4.52 Å². The van der Waals surface area contributed by atoms with Gasteiger partial charge in [0.2, 0.25) is 5.89 Å². The third kappa shape index (κ3) is 1.24. The lowest BCUT2D eigenvalue weighted by molar-refractivity contribution is 0.288. The Morgan fingerprint density at radius 2 is 2.13 bits per heavy atom. The second-order valence-corrected chi connectivity index (χ2v) is 5.18. The van der Waals surface area contributed by atoms with Crippen LogP contribution in [0.3, 0.4) is 0 Å². The Balaban J connectivity index is 1.60. The molecule has 4 nitrogen and oxygen atoms in total. The fraction of sp³-hybridized carbons (Fsp3) is 0.818. The van der Waals surface area contributed by atoms with Crippen molar-refractivity contribution in [1.82, 2.24) is 15.0 Å². The highest BCUT2D eigenvalue weighted by molar-refractivity contribution is 5.09. The van der Waals surface area contributed by atoms with Crippen LogP contribution in [-0.4, -0.2) is 34.7 Å². The fourth-order valence-corrected chi connectivity index (χ4v) is 2.97. The van der Waals surface area contributed by atoms with Gasteiger partial charge in [-0.05, 0) is 31.7 Å². The number of rotatable bonds is 2. The standard InChI is InChI=1S/C11H15N3O/c1-2-7(1)10-12-11(15-13-10)9-6-14-4-3-8(9)5-14/h7-9H,1-6H2/t8-,9-/m1/s1. The summed E-state index contributed by atoms with van der Waals surface area (Å²) in [4.78, 5) is 7.08. The van der Waals surface area contributed by atoms with Crippen LogP contribution in [0.15, 0.2) is 4.52 Å². The second kappa shape index (κ2) is 2.82. The molecule has 1 saturated carbocycles. The van der Waals surface area contributed by atoms with E-state index in [1.807, 2.05) is 0 Å². The number of hydrogen-bond acceptors (Lipinski definition) is 4. The summed E-state index contributed by atoms with van der Waals surface area (Å²) in [5.74, 6) is 3.78. The van der Waals surface area contributed by atoms with Gasteiger partial charge in [-0.1, -0.05) is 5.16 Å². The Morgan fingerprint density at radius 3 is 2.80 bits per heavy atom. The Labute approximate surface area is 88.6 Å². The molecule has 0 amide bonds. The zero-order valence-electron chi connectivity index (χ0n) is 8.72. The predicted molar refractivity (Wildman–Crippen MR) is 53.6 cm³/mol. The van der Waals surface area contributed by atoms with Gasteiger partial charge in [-0.15, -0.1) is 0 Å². The van der Waals surface area contributed by atoms with Crippen molar-refractivity contribution in [2.75, 3.05) is 19.6 Å². The zero-order valence-corrected chi connectivity index (χ0v) is 8.72. The molecule has 80 valence electrons. The molecule has 2 bridgehead atoms. The van der Waals surface area contributed by atoms with E-state index in [1.165, 1.54) is 32.4 Å². The van der Waals surface area contributed by atoms with Crippen molar-refractivity contribution in [3.63, 3.8) is 0 Å². The Kier molecular flexibility index (Phi) is 1.55. The van der Waals surface area contributed by atoms with Crippen LogP contribution in [0.25, 0.3) is 0 Å². The van der Waals surface area contributed by atoms with Gasteiger partial charge >= 0.3 is 0 Å². The molecule has 3 atom stereocenters. The van der Waals surface area contributed by atoms with Gasteiger partial charge in [0.15, 0.2) is 5.82 Å². The van der Waals surface area contributed by atoms with E-state index in [1.54, 1.807) is 0 Å². The number of aromatic nitrogens is 2. The van der Waals surface area contributed by atoms with Crippen LogP contribution >= 0.6 is 0 Å². The molecule has 0 N–H and O–H groups in total. The zero-order chi connectivity index (χ0) is 9.83. The lowest BCUT2D eigenvalue weighted by Crippen LogP contribution is -2.22. The Morgan fingerprint density at radius 1 is 1.20 bits per heavy atom. The average molecular weight is 205 g/mol. The highest BCUT2D eigenvalue weighted by atomic mass is 16.5. The molecule has 4 rings (SSSR count). The van der Waals surface area contributed by atoms with Crippen LogP contribution in [0.5, 0.6) is 0 Å². The molecule has 4 heteroatoms. The first kappa shape index (κ1) is 8.28. The molecule has 0 spiro atoms. The minimum absolute atomic E-state index is 0.527. The average Bonchev–Trinajstić information content (AvgIpc) is 2.74. The van der Waals surface area contributed by atoms with E-state index in [-0.39, 0.29) is 0 Å². The van der Waals surface area contributed by atoms with Crippen LogP contribution in [0.1, 0.15) is 42.8 Å². The first-order chi connectivity index (χ1) is 7.40. The monoisotopic (exact) mass is 205 g/mol. The molecule has 3 heterocycles. The van der Waals surface area contributed by atoms with E-state index in [0.717, 1.165) is 24.2 Å². The first-order valence-electron chi connectivity index (χ1n) is 5.96. The highest BCUT2D eigenvalue weighted by Crippen LogP contribution is 2.42. The number of hydrogen-bond donors (Lipinski definition) is 0. The first-order valence-corrected chi connectivity index (χ1v) is 5.96. The fourth-order valence-electron chi connectivity index (χ4n) is 2.97. The molecule has 1 aromatic heterocycles. The van der Waals surface area contributed by atoms with E-state index in [0.29, 0.717) is 11.8 Å². The molecular weight excluding hydrogens is 190 g/mol. The third-order valence-electron chi connectivity index (χ3n) is 4.05. The van der Waals surface area contributed by atoms with Gasteiger partial charge in [-0.25, -0.2) is 0 Å². The van der Waals surface area contributed by atoms with Gasteiger partial charge in [0.1, 0.15) is 0 Å².